The average Bonchev–Trinajstić information content (AvgIpc) is 2.24. The van der Waals surface area contributed by atoms with Crippen LogP contribution < -0.4 is 16.6 Å². The molecule has 0 unspecified atom stereocenters. The summed E-state index contributed by atoms with van der Waals surface area (Å²) >= 11 is 0. The molecule has 0 amide bonds. The third-order valence-electron chi connectivity index (χ3n) is 1.99. The Balaban J connectivity index is 3.77. The zero-order valence-corrected chi connectivity index (χ0v) is 10.8. The molecule has 4 N–H and O–H groups in total. The average molecular weight is 231 g/mol. The van der Waals surface area contributed by atoms with Crippen LogP contribution in [0.3, 0.4) is 0 Å². The number of likely N-dealkylation sites (N-methyl/N-ethyl adjacent to an activating group) is 1. The first-order chi connectivity index (χ1) is 7.60. The number of guanidine groups is 1. The SMILES string of the molecule is COCCN(C)CCN=C(NN)NC(C)C. The number of aliphatic imine (C=N–C) groups is 1. The van der Waals surface area contributed by atoms with E-state index in [9.17, 15) is 0 Å². The first-order valence-electron chi connectivity index (χ1n) is 5.55. The molecule has 0 saturated carbocycles. The fourth-order valence-corrected chi connectivity index (χ4v) is 1.10. The molecular formula is C10H25N5O. The Morgan fingerprint density at radius 3 is 2.62 bits per heavy atom. The summed E-state index contributed by atoms with van der Waals surface area (Å²) in [6.45, 7) is 7.32. The molecular weight excluding hydrogens is 206 g/mol. The van der Waals surface area contributed by atoms with Crippen LogP contribution in [0, 0.1) is 0 Å². The van der Waals surface area contributed by atoms with Gasteiger partial charge in [-0.15, -0.1) is 0 Å². The number of nitrogens with zero attached hydrogens (tertiary/aromatic N) is 2. The maximum absolute atomic E-state index is 5.34. The lowest BCUT2D eigenvalue weighted by Crippen LogP contribution is -2.45. The lowest BCUT2D eigenvalue weighted by molar-refractivity contribution is 0.163. The standard InChI is InChI=1S/C10H25N5O/c1-9(2)13-10(14-11)12-5-6-15(3)7-8-16-4/h9H,5-8,11H2,1-4H3,(H2,12,13,14). The monoisotopic (exact) mass is 231 g/mol. The summed E-state index contributed by atoms with van der Waals surface area (Å²) in [6, 6.07) is 0.320. The third kappa shape index (κ3) is 8.46. The molecule has 96 valence electrons. The van der Waals surface area contributed by atoms with Crippen LogP contribution in [0.2, 0.25) is 0 Å². The van der Waals surface area contributed by atoms with Gasteiger partial charge in [-0.1, -0.05) is 0 Å². The van der Waals surface area contributed by atoms with Gasteiger partial charge in [-0.05, 0) is 20.9 Å². The molecule has 0 aliphatic heterocycles. The topological polar surface area (TPSA) is 74.9 Å². The van der Waals surface area contributed by atoms with E-state index >= 15 is 0 Å². The summed E-state index contributed by atoms with van der Waals surface area (Å²) in [5.74, 6) is 5.98. The number of hydrogen-bond donors (Lipinski definition) is 3. The molecule has 0 bridgehead atoms. The number of nitrogens with two attached hydrogens (primary N) is 1. The zero-order valence-electron chi connectivity index (χ0n) is 10.8. The number of ether oxygens (including phenoxy) is 1. The highest BCUT2D eigenvalue weighted by molar-refractivity contribution is 5.79. The van der Waals surface area contributed by atoms with Crippen LogP contribution in [-0.4, -0.2) is 57.3 Å². The lowest BCUT2D eigenvalue weighted by atomic mass is 10.4. The lowest BCUT2D eigenvalue weighted by Gasteiger charge is -2.15. The smallest absolute Gasteiger partial charge is 0.205 e. The molecule has 0 atom stereocenters. The van der Waals surface area contributed by atoms with Crippen molar-refractivity contribution in [3.05, 3.63) is 0 Å². The predicted octanol–water partition coefficient (Wildman–Crippen LogP) is -0.618. The molecule has 0 saturated heterocycles. The summed E-state index contributed by atoms with van der Waals surface area (Å²) in [5.41, 5.74) is 2.55. The van der Waals surface area contributed by atoms with Gasteiger partial charge in [0, 0.05) is 26.2 Å². The van der Waals surface area contributed by atoms with E-state index in [-0.39, 0.29) is 0 Å². The zero-order chi connectivity index (χ0) is 12.4. The van der Waals surface area contributed by atoms with Crippen molar-refractivity contribution >= 4 is 5.96 Å². The number of nitrogens with one attached hydrogen (secondary N) is 2. The largest absolute Gasteiger partial charge is 0.383 e. The van der Waals surface area contributed by atoms with Crippen LogP contribution in [0.25, 0.3) is 0 Å². The minimum absolute atomic E-state index is 0.320. The van der Waals surface area contributed by atoms with Crippen molar-refractivity contribution in [3.8, 4) is 0 Å². The van der Waals surface area contributed by atoms with Crippen LogP contribution in [-0.2, 0) is 4.74 Å². The van der Waals surface area contributed by atoms with E-state index in [0.29, 0.717) is 18.5 Å². The van der Waals surface area contributed by atoms with Gasteiger partial charge >= 0.3 is 0 Å². The van der Waals surface area contributed by atoms with Crippen LogP contribution in [0.15, 0.2) is 4.99 Å². The van der Waals surface area contributed by atoms with Crippen molar-refractivity contribution in [2.45, 2.75) is 19.9 Å². The van der Waals surface area contributed by atoms with Gasteiger partial charge in [0.05, 0.1) is 13.2 Å². The fraction of sp³-hybridized carbons (Fsp3) is 0.900. The van der Waals surface area contributed by atoms with Crippen LogP contribution >= 0.6 is 0 Å². The summed E-state index contributed by atoms with van der Waals surface area (Å²) in [5, 5.41) is 3.12. The van der Waals surface area contributed by atoms with Gasteiger partial charge in [0.25, 0.3) is 0 Å². The molecule has 0 aromatic heterocycles. The van der Waals surface area contributed by atoms with Crippen molar-refractivity contribution < 1.29 is 4.74 Å². The highest BCUT2D eigenvalue weighted by Gasteiger charge is 1.99. The second-order valence-electron chi connectivity index (χ2n) is 3.97. The van der Waals surface area contributed by atoms with Crippen molar-refractivity contribution in [3.63, 3.8) is 0 Å². The molecule has 0 aliphatic rings. The van der Waals surface area contributed by atoms with Crippen LogP contribution in [0.5, 0.6) is 0 Å². The van der Waals surface area contributed by atoms with Gasteiger partial charge in [0.15, 0.2) is 0 Å². The number of hydrogen-bond acceptors (Lipinski definition) is 4. The third-order valence-corrected chi connectivity index (χ3v) is 1.99. The van der Waals surface area contributed by atoms with Crippen molar-refractivity contribution in [2.75, 3.05) is 40.4 Å². The van der Waals surface area contributed by atoms with Gasteiger partial charge < -0.3 is 15.0 Å². The Bertz CT molecular complexity index is 196. The number of hydrazine groups is 1. The van der Waals surface area contributed by atoms with Gasteiger partial charge in [0.1, 0.15) is 0 Å². The maximum atomic E-state index is 5.34. The molecule has 6 nitrogen and oxygen atoms in total. The molecule has 0 aliphatic carbocycles. The summed E-state index contributed by atoms with van der Waals surface area (Å²) < 4.78 is 4.99. The maximum Gasteiger partial charge on any atom is 0.205 e. The van der Waals surface area contributed by atoms with E-state index in [1.165, 1.54) is 0 Å². The summed E-state index contributed by atoms with van der Waals surface area (Å²) in [7, 11) is 3.74. The predicted molar refractivity (Wildman–Crippen MR) is 67.3 cm³/mol. The molecule has 16 heavy (non-hydrogen) atoms. The van der Waals surface area contributed by atoms with Crippen molar-refractivity contribution in [2.24, 2.45) is 10.8 Å². The van der Waals surface area contributed by atoms with E-state index in [0.717, 1.165) is 19.7 Å². The second kappa shape index (κ2) is 9.38. The Morgan fingerprint density at radius 1 is 1.44 bits per heavy atom. The molecule has 0 rings (SSSR count). The normalized spacial score (nSPS) is 12.3. The fourth-order valence-electron chi connectivity index (χ4n) is 1.10. The van der Waals surface area contributed by atoms with Crippen LogP contribution in [0.4, 0.5) is 0 Å². The Kier molecular flexibility index (Phi) is 8.88. The minimum Gasteiger partial charge on any atom is -0.383 e. The van der Waals surface area contributed by atoms with Gasteiger partial charge in [-0.25, -0.2) is 5.84 Å². The first-order valence-corrected chi connectivity index (χ1v) is 5.55. The van der Waals surface area contributed by atoms with E-state index in [1.54, 1.807) is 7.11 Å². The van der Waals surface area contributed by atoms with E-state index < -0.39 is 0 Å². The highest BCUT2D eigenvalue weighted by atomic mass is 16.5. The van der Waals surface area contributed by atoms with E-state index in [4.69, 9.17) is 10.6 Å². The second-order valence-corrected chi connectivity index (χ2v) is 3.97. The number of rotatable bonds is 7. The molecule has 0 heterocycles. The minimum atomic E-state index is 0.320. The molecule has 0 spiro atoms. The Hall–Kier alpha value is -0.850. The summed E-state index contributed by atoms with van der Waals surface area (Å²) in [4.78, 5) is 6.48. The molecule has 0 aromatic rings. The highest BCUT2D eigenvalue weighted by Crippen LogP contribution is 1.84. The first kappa shape index (κ1) is 15.2. The summed E-state index contributed by atoms with van der Waals surface area (Å²) in [6.07, 6.45) is 0. The van der Waals surface area contributed by atoms with Crippen molar-refractivity contribution in [1.82, 2.24) is 15.6 Å². The number of methoxy groups -OCH3 is 1. The van der Waals surface area contributed by atoms with Crippen LogP contribution in [0.1, 0.15) is 13.8 Å². The molecule has 0 radical (unpaired) electrons. The van der Waals surface area contributed by atoms with Gasteiger partial charge in [-0.3, -0.25) is 10.4 Å². The molecule has 0 fully saturated rings. The Morgan fingerprint density at radius 2 is 2.12 bits per heavy atom. The van der Waals surface area contributed by atoms with E-state index in [1.807, 2.05) is 20.9 Å². The van der Waals surface area contributed by atoms with Gasteiger partial charge in [-0.2, -0.15) is 0 Å². The van der Waals surface area contributed by atoms with Gasteiger partial charge in [0.2, 0.25) is 5.96 Å². The molecule has 6 heteroatoms. The van der Waals surface area contributed by atoms with Crippen molar-refractivity contribution in [1.29, 1.82) is 0 Å². The van der Waals surface area contributed by atoms with E-state index in [2.05, 4.69) is 20.6 Å². The Labute approximate surface area is 98.2 Å². The quantitative estimate of drug-likeness (QED) is 0.236. The molecule has 0 aromatic carbocycles.